The Morgan fingerprint density at radius 1 is 1.09 bits per heavy atom. The lowest BCUT2D eigenvalue weighted by Crippen LogP contribution is -2.44. The molecular weight excluding hydrogens is 448 g/mol. The molecule has 0 aromatic carbocycles. The smallest absolute Gasteiger partial charge is 0.345 e. The van der Waals surface area contributed by atoms with E-state index < -0.39 is 65.0 Å². The maximum atomic E-state index is 13.1. The van der Waals surface area contributed by atoms with Crippen LogP contribution in [0.1, 0.15) is 69.8 Å². The molecule has 0 N–H and O–H groups in total. The molecule has 6 rings (SSSR count). The average molecular weight is 476 g/mol. The molecule has 5 aliphatic rings. The number of aryl methyl sites for hydroxylation is 1. The summed E-state index contributed by atoms with van der Waals surface area (Å²) < 4.78 is 41.2. The number of epoxide rings is 3. The molecule has 1 aromatic heterocycles. The Kier molecular flexibility index (Phi) is 4.43. The minimum Gasteiger partial charge on any atom is -0.459 e. The Morgan fingerprint density at radius 2 is 1.79 bits per heavy atom. The van der Waals surface area contributed by atoms with Gasteiger partial charge in [0.2, 0.25) is 5.60 Å². The third kappa shape index (κ3) is 3.15. The second kappa shape index (κ2) is 6.83. The van der Waals surface area contributed by atoms with Crippen molar-refractivity contribution < 1.29 is 47.2 Å². The summed E-state index contributed by atoms with van der Waals surface area (Å²) in [6, 6.07) is 1.89. The highest BCUT2D eigenvalue weighted by Gasteiger charge is 2.79. The SMILES string of the molecule is CC(=O)O[C@H]1CC(C2(C)CO2)[C@@H](OC(C)=O)c2oc(cc2C)[C@@H]2O[C@@]2(C)C[C@H]2OC(=O)C13O[C@H]23. The number of hydrogen-bond acceptors (Lipinski definition) is 10. The van der Waals surface area contributed by atoms with Crippen molar-refractivity contribution in [3.05, 3.63) is 23.2 Å². The van der Waals surface area contributed by atoms with Crippen LogP contribution < -0.4 is 0 Å². The Bertz CT molecular complexity index is 1090. The average Bonchev–Trinajstić information content (AvgIpc) is 3.67. The van der Waals surface area contributed by atoms with Crippen molar-refractivity contribution in [2.45, 2.75) is 94.8 Å². The van der Waals surface area contributed by atoms with Gasteiger partial charge < -0.3 is 32.8 Å². The van der Waals surface area contributed by atoms with Crippen molar-refractivity contribution in [2.24, 2.45) is 5.92 Å². The second-order valence-corrected chi connectivity index (χ2v) is 10.6. The van der Waals surface area contributed by atoms with Gasteiger partial charge in [-0.05, 0) is 38.8 Å². The molecule has 4 fully saturated rings. The van der Waals surface area contributed by atoms with Crippen molar-refractivity contribution in [3.8, 4) is 0 Å². The fourth-order valence-electron chi connectivity index (χ4n) is 5.86. The van der Waals surface area contributed by atoms with E-state index >= 15 is 0 Å². The predicted molar refractivity (Wildman–Crippen MR) is 110 cm³/mol. The molecule has 0 aliphatic carbocycles. The Labute approximate surface area is 196 Å². The number of hydrogen-bond donors (Lipinski definition) is 0. The highest BCUT2D eigenvalue weighted by Crippen LogP contribution is 2.60. The first-order chi connectivity index (χ1) is 16.0. The first-order valence-corrected chi connectivity index (χ1v) is 11.6. The summed E-state index contributed by atoms with van der Waals surface area (Å²) >= 11 is 0. The van der Waals surface area contributed by atoms with E-state index in [-0.39, 0.29) is 12.5 Å². The summed E-state index contributed by atoms with van der Waals surface area (Å²) in [5, 5.41) is 0. The summed E-state index contributed by atoms with van der Waals surface area (Å²) in [5.74, 6) is -0.966. The lowest BCUT2D eigenvalue weighted by atomic mass is 9.79. The van der Waals surface area contributed by atoms with Gasteiger partial charge in [-0.15, -0.1) is 0 Å². The van der Waals surface area contributed by atoms with Gasteiger partial charge in [-0.1, -0.05) is 0 Å². The fraction of sp³-hybridized carbons (Fsp3) is 0.708. The van der Waals surface area contributed by atoms with Gasteiger partial charge in [0.1, 0.15) is 41.5 Å². The van der Waals surface area contributed by atoms with Gasteiger partial charge in [0, 0.05) is 26.2 Å². The van der Waals surface area contributed by atoms with Crippen LogP contribution in [0, 0.1) is 12.8 Å². The third-order valence-corrected chi connectivity index (χ3v) is 7.88. The quantitative estimate of drug-likeness (QED) is 0.364. The van der Waals surface area contributed by atoms with E-state index in [4.69, 9.17) is 32.8 Å². The zero-order chi connectivity index (χ0) is 24.2. The van der Waals surface area contributed by atoms with Crippen LogP contribution in [0.25, 0.3) is 0 Å². The van der Waals surface area contributed by atoms with E-state index in [0.717, 1.165) is 5.56 Å². The van der Waals surface area contributed by atoms with Crippen LogP contribution in [0.3, 0.4) is 0 Å². The molecule has 34 heavy (non-hydrogen) atoms. The summed E-state index contributed by atoms with van der Waals surface area (Å²) in [7, 11) is 0. The molecule has 1 aromatic rings. The van der Waals surface area contributed by atoms with Crippen molar-refractivity contribution >= 4 is 17.9 Å². The zero-order valence-electron chi connectivity index (χ0n) is 19.7. The highest BCUT2D eigenvalue weighted by atomic mass is 16.7. The maximum Gasteiger partial charge on any atom is 0.345 e. The Morgan fingerprint density at radius 3 is 2.41 bits per heavy atom. The van der Waals surface area contributed by atoms with E-state index in [1.807, 2.05) is 26.8 Å². The molecule has 9 atom stereocenters. The van der Waals surface area contributed by atoms with Crippen LogP contribution in [0.15, 0.2) is 10.5 Å². The van der Waals surface area contributed by atoms with Gasteiger partial charge in [-0.25, -0.2) is 4.79 Å². The van der Waals surface area contributed by atoms with Gasteiger partial charge in [0.05, 0.1) is 12.2 Å². The molecule has 0 amide bonds. The summed E-state index contributed by atoms with van der Waals surface area (Å²) in [6.45, 7) is 8.75. The van der Waals surface area contributed by atoms with Gasteiger partial charge in [-0.3, -0.25) is 9.59 Å². The number of carbonyl (C=O) groups is 3. The van der Waals surface area contributed by atoms with Gasteiger partial charge in [0.15, 0.2) is 6.10 Å². The zero-order valence-corrected chi connectivity index (χ0v) is 19.7. The third-order valence-electron chi connectivity index (χ3n) is 7.88. The normalized spacial score (nSPS) is 46.0. The summed E-state index contributed by atoms with van der Waals surface area (Å²) in [4.78, 5) is 37.4. The number of esters is 3. The number of furan rings is 1. The Balaban J connectivity index is 1.48. The number of fused-ring (bicyclic) bond motifs is 4. The fourth-order valence-corrected chi connectivity index (χ4v) is 5.86. The van der Waals surface area contributed by atoms with Gasteiger partial charge >= 0.3 is 17.9 Å². The number of rotatable bonds is 3. The monoisotopic (exact) mass is 476 g/mol. The minimum atomic E-state index is -1.39. The molecule has 0 radical (unpaired) electrons. The van der Waals surface area contributed by atoms with Crippen molar-refractivity contribution in [1.29, 1.82) is 0 Å². The standard InChI is InChI=1S/C24H28O10/c1-10-6-14-19-22(4,33-19)8-15-20-24(34-20,21(27)32-15)16(29-11(2)25)7-13(23(5)9-28-23)18(17(10)31-14)30-12(3)26/h6,13,15-16,18-20H,7-9H2,1-5H3/t13?,15-,16+,18-,19+,20-,22+,23?,24?/m1/s1. The van der Waals surface area contributed by atoms with Crippen molar-refractivity contribution in [1.82, 2.24) is 0 Å². The van der Waals surface area contributed by atoms with E-state index in [1.165, 1.54) is 13.8 Å². The first-order valence-electron chi connectivity index (χ1n) is 11.6. The molecule has 0 spiro atoms. The van der Waals surface area contributed by atoms with Crippen LogP contribution in [-0.4, -0.2) is 59.6 Å². The molecule has 3 unspecified atom stereocenters. The molecule has 10 nitrogen and oxygen atoms in total. The molecule has 0 saturated carbocycles. The van der Waals surface area contributed by atoms with E-state index in [2.05, 4.69) is 0 Å². The molecule has 5 aliphatic heterocycles. The number of carbonyl (C=O) groups excluding carboxylic acids is 3. The largest absolute Gasteiger partial charge is 0.459 e. The van der Waals surface area contributed by atoms with Crippen LogP contribution in [0.2, 0.25) is 0 Å². The minimum absolute atomic E-state index is 0.152. The predicted octanol–water partition coefficient (Wildman–Crippen LogP) is 2.22. The van der Waals surface area contributed by atoms with Crippen LogP contribution in [0.5, 0.6) is 0 Å². The topological polar surface area (TPSA) is 130 Å². The van der Waals surface area contributed by atoms with E-state index in [0.29, 0.717) is 24.5 Å². The van der Waals surface area contributed by atoms with Crippen molar-refractivity contribution in [3.63, 3.8) is 0 Å². The lowest BCUT2D eigenvalue weighted by Gasteiger charge is -2.32. The molecule has 6 heterocycles. The van der Waals surface area contributed by atoms with E-state index in [9.17, 15) is 14.4 Å². The molecule has 4 saturated heterocycles. The van der Waals surface area contributed by atoms with Crippen LogP contribution in [-0.2, 0) is 42.8 Å². The molecule has 184 valence electrons. The van der Waals surface area contributed by atoms with Crippen molar-refractivity contribution in [2.75, 3.05) is 6.61 Å². The highest BCUT2D eigenvalue weighted by molar-refractivity contribution is 5.88. The maximum absolute atomic E-state index is 13.1. The molecule has 4 bridgehead atoms. The summed E-state index contributed by atoms with van der Waals surface area (Å²) in [5.41, 5.74) is -1.87. The number of ether oxygens (including phenoxy) is 6. The van der Waals surface area contributed by atoms with Gasteiger partial charge in [-0.2, -0.15) is 0 Å². The first kappa shape index (κ1) is 22.1. The Hall–Kier alpha value is -2.43. The summed E-state index contributed by atoms with van der Waals surface area (Å²) in [6.07, 6.45) is -2.64. The van der Waals surface area contributed by atoms with E-state index in [1.54, 1.807) is 0 Å². The van der Waals surface area contributed by atoms with Crippen LogP contribution in [0.4, 0.5) is 0 Å². The second-order valence-electron chi connectivity index (χ2n) is 10.6. The molecular formula is C24H28O10. The van der Waals surface area contributed by atoms with Gasteiger partial charge in [0.25, 0.3) is 0 Å². The molecule has 10 heteroatoms. The van der Waals surface area contributed by atoms with Crippen LogP contribution >= 0.6 is 0 Å². The lowest BCUT2D eigenvalue weighted by molar-refractivity contribution is -0.169.